The summed E-state index contributed by atoms with van der Waals surface area (Å²) in [5.41, 5.74) is 5.15. The molecule has 1 fully saturated rings. The highest BCUT2D eigenvalue weighted by Crippen LogP contribution is 2.13. The average Bonchev–Trinajstić information content (AvgIpc) is 2.17. The van der Waals surface area contributed by atoms with Crippen molar-refractivity contribution in [2.24, 2.45) is 5.73 Å². The topological polar surface area (TPSA) is 55.5 Å². The molecule has 3 heteroatoms. The van der Waals surface area contributed by atoms with Crippen LogP contribution >= 0.6 is 0 Å². The van der Waals surface area contributed by atoms with Crippen LogP contribution in [-0.4, -0.2) is 30.5 Å². The van der Waals surface area contributed by atoms with E-state index in [-0.39, 0.29) is 6.61 Å². The Bertz CT molecular complexity index is 78.5. The Balaban J connectivity index is 2.40. The third-order valence-electron chi connectivity index (χ3n) is 1.45. The highest BCUT2D eigenvalue weighted by molar-refractivity contribution is 4.86. The second kappa shape index (κ2) is 2.01. The lowest BCUT2D eigenvalue weighted by Crippen LogP contribution is -2.43. The largest absolute Gasteiger partial charge is 0.394 e. The number of nitrogens with two attached hydrogens (primary N) is 1. The maximum atomic E-state index is 8.62. The first-order chi connectivity index (χ1) is 3.77. The minimum atomic E-state index is -0.431. The molecule has 0 bridgehead atoms. The Morgan fingerprint density at radius 1 is 1.75 bits per heavy atom. The highest BCUT2D eigenvalue weighted by atomic mass is 16.5. The smallest absolute Gasteiger partial charge is 0.0669 e. The standard InChI is InChI=1S/C5H11NO2/c6-5(3-7)1-2-8-4-5/h7H,1-4,6H2. The van der Waals surface area contributed by atoms with Gasteiger partial charge in [0, 0.05) is 6.61 Å². The summed E-state index contributed by atoms with van der Waals surface area (Å²) < 4.78 is 4.97. The van der Waals surface area contributed by atoms with Gasteiger partial charge in [-0.15, -0.1) is 0 Å². The van der Waals surface area contributed by atoms with Crippen molar-refractivity contribution >= 4 is 0 Å². The van der Waals surface area contributed by atoms with Crippen LogP contribution in [-0.2, 0) is 4.74 Å². The van der Waals surface area contributed by atoms with Crippen LogP contribution in [0, 0.1) is 0 Å². The van der Waals surface area contributed by atoms with E-state index in [4.69, 9.17) is 15.6 Å². The van der Waals surface area contributed by atoms with Gasteiger partial charge in [-0.2, -0.15) is 0 Å². The summed E-state index contributed by atoms with van der Waals surface area (Å²) in [6, 6.07) is 0. The predicted octanol–water partition coefficient (Wildman–Crippen LogP) is -0.904. The molecule has 1 saturated heterocycles. The van der Waals surface area contributed by atoms with Crippen LogP contribution in [0.25, 0.3) is 0 Å². The molecular formula is C5H11NO2. The number of aliphatic hydroxyl groups is 1. The molecule has 3 N–H and O–H groups in total. The summed E-state index contributed by atoms with van der Waals surface area (Å²) in [7, 11) is 0. The summed E-state index contributed by atoms with van der Waals surface area (Å²) in [5, 5.41) is 8.62. The van der Waals surface area contributed by atoms with Gasteiger partial charge >= 0.3 is 0 Å². The molecule has 0 spiro atoms. The van der Waals surface area contributed by atoms with Crippen molar-refractivity contribution in [3.05, 3.63) is 0 Å². The third-order valence-corrected chi connectivity index (χ3v) is 1.45. The number of hydrogen-bond donors (Lipinski definition) is 2. The summed E-state index contributed by atoms with van der Waals surface area (Å²) in [6.45, 7) is 1.23. The molecule has 1 unspecified atom stereocenters. The first kappa shape index (κ1) is 6.01. The Kier molecular flexibility index (Phi) is 1.51. The fraction of sp³-hybridized carbons (Fsp3) is 1.00. The lowest BCUT2D eigenvalue weighted by atomic mass is 10.0. The molecular weight excluding hydrogens is 106 g/mol. The minimum absolute atomic E-state index is 0.0347. The van der Waals surface area contributed by atoms with Gasteiger partial charge < -0.3 is 15.6 Å². The lowest BCUT2D eigenvalue weighted by molar-refractivity contribution is 0.143. The van der Waals surface area contributed by atoms with Crippen molar-refractivity contribution < 1.29 is 9.84 Å². The third kappa shape index (κ3) is 0.992. The molecule has 0 saturated carbocycles. The molecule has 48 valence electrons. The van der Waals surface area contributed by atoms with Crippen LogP contribution in [0.1, 0.15) is 6.42 Å². The second-order valence-corrected chi connectivity index (χ2v) is 2.32. The summed E-state index contributed by atoms with van der Waals surface area (Å²) in [4.78, 5) is 0. The number of ether oxygens (including phenoxy) is 1. The average molecular weight is 117 g/mol. The van der Waals surface area contributed by atoms with E-state index in [1.165, 1.54) is 0 Å². The van der Waals surface area contributed by atoms with Gasteiger partial charge in [-0.25, -0.2) is 0 Å². The first-order valence-corrected chi connectivity index (χ1v) is 2.74. The van der Waals surface area contributed by atoms with Crippen LogP contribution in [0.15, 0.2) is 0 Å². The molecule has 1 aliphatic rings. The zero-order valence-electron chi connectivity index (χ0n) is 4.76. The van der Waals surface area contributed by atoms with Crippen molar-refractivity contribution in [2.75, 3.05) is 19.8 Å². The maximum absolute atomic E-state index is 8.62. The molecule has 0 aromatic rings. The summed E-state index contributed by atoms with van der Waals surface area (Å²) >= 11 is 0. The van der Waals surface area contributed by atoms with Crippen LogP contribution in [0.2, 0.25) is 0 Å². The quantitative estimate of drug-likeness (QED) is 0.468. The summed E-state index contributed by atoms with van der Waals surface area (Å²) in [5.74, 6) is 0. The number of hydrogen-bond acceptors (Lipinski definition) is 3. The molecule has 8 heavy (non-hydrogen) atoms. The Hall–Kier alpha value is -0.120. The SMILES string of the molecule is NC1(CO)CCOC1. The number of aliphatic hydroxyl groups excluding tert-OH is 1. The van der Waals surface area contributed by atoms with E-state index in [0.717, 1.165) is 6.42 Å². The van der Waals surface area contributed by atoms with Gasteiger partial charge in [-0.05, 0) is 6.42 Å². The van der Waals surface area contributed by atoms with Crippen LogP contribution in [0.5, 0.6) is 0 Å². The van der Waals surface area contributed by atoms with Gasteiger partial charge in [0.1, 0.15) is 0 Å². The Morgan fingerprint density at radius 3 is 2.75 bits per heavy atom. The van der Waals surface area contributed by atoms with Crippen LogP contribution in [0.4, 0.5) is 0 Å². The Labute approximate surface area is 48.4 Å². The van der Waals surface area contributed by atoms with Crippen LogP contribution in [0.3, 0.4) is 0 Å². The Morgan fingerprint density at radius 2 is 2.50 bits per heavy atom. The molecule has 0 radical (unpaired) electrons. The van der Waals surface area contributed by atoms with Gasteiger partial charge in [-0.3, -0.25) is 0 Å². The monoisotopic (exact) mass is 117 g/mol. The minimum Gasteiger partial charge on any atom is -0.394 e. The van der Waals surface area contributed by atoms with Crippen molar-refractivity contribution in [3.8, 4) is 0 Å². The van der Waals surface area contributed by atoms with E-state index in [0.29, 0.717) is 13.2 Å². The van der Waals surface area contributed by atoms with Gasteiger partial charge in [0.25, 0.3) is 0 Å². The molecule has 1 aliphatic heterocycles. The molecule has 1 rings (SSSR count). The summed E-state index contributed by atoms with van der Waals surface area (Å²) in [6.07, 6.45) is 0.781. The maximum Gasteiger partial charge on any atom is 0.0669 e. The molecule has 1 heterocycles. The second-order valence-electron chi connectivity index (χ2n) is 2.32. The van der Waals surface area contributed by atoms with Gasteiger partial charge in [0.2, 0.25) is 0 Å². The van der Waals surface area contributed by atoms with E-state index in [1.807, 2.05) is 0 Å². The fourth-order valence-corrected chi connectivity index (χ4v) is 0.748. The fourth-order valence-electron chi connectivity index (χ4n) is 0.748. The van der Waals surface area contributed by atoms with Gasteiger partial charge in [0.15, 0.2) is 0 Å². The van der Waals surface area contributed by atoms with E-state index in [2.05, 4.69) is 0 Å². The molecule has 3 nitrogen and oxygen atoms in total. The zero-order chi connectivity index (χ0) is 6.04. The van der Waals surface area contributed by atoms with Crippen molar-refractivity contribution in [1.82, 2.24) is 0 Å². The normalized spacial score (nSPS) is 38.2. The van der Waals surface area contributed by atoms with E-state index >= 15 is 0 Å². The van der Waals surface area contributed by atoms with Gasteiger partial charge in [-0.1, -0.05) is 0 Å². The molecule has 0 aliphatic carbocycles. The van der Waals surface area contributed by atoms with Crippen molar-refractivity contribution in [3.63, 3.8) is 0 Å². The lowest BCUT2D eigenvalue weighted by Gasteiger charge is -2.16. The molecule has 1 atom stereocenters. The van der Waals surface area contributed by atoms with Crippen molar-refractivity contribution in [2.45, 2.75) is 12.0 Å². The number of rotatable bonds is 1. The van der Waals surface area contributed by atoms with Crippen molar-refractivity contribution in [1.29, 1.82) is 0 Å². The highest BCUT2D eigenvalue weighted by Gasteiger charge is 2.28. The zero-order valence-corrected chi connectivity index (χ0v) is 4.76. The van der Waals surface area contributed by atoms with E-state index in [1.54, 1.807) is 0 Å². The first-order valence-electron chi connectivity index (χ1n) is 2.74. The van der Waals surface area contributed by atoms with Crippen LogP contribution < -0.4 is 5.73 Å². The molecule has 0 amide bonds. The van der Waals surface area contributed by atoms with E-state index < -0.39 is 5.54 Å². The van der Waals surface area contributed by atoms with E-state index in [9.17, 15) is 0 Å². The molecule has 0 aromatic heterocycles. The van der Waals surface area contributed by atoms with Gasteiger partial charge in [0.05, 0.1) is 18.8 Å². The predicted molar refractivity (Wildman–Crippen MR) is 29.4 cm³/mol. The molecule has 0 aromatic carbocycles.